The Kier molecular flexibility index (Phi) is 5.91. The second-order valence-electron chi connectivity index (χ2n) is 6.26. The van der Waals surface area contributed by atoms with E-state index < -0.39 is 16.0 Å². The number of halogens is 1. The van der Waals surface area contributed by atoms with Crippen LogP contribution in [0.3, 0.4) is 0 Å². The number of carbonyl (C=O) groups excluding carboxylic acids is 1. The maximum atomic E-state index is 12.9. The molecule has 2 heterocycles. The number of ether oxygens (including phenoxy) is 1. The summed E-state index contributed by atoms with van der Waals surface area (Å²) in [6.45, 7) is 2.77. The van der Waals surface area contributed by atoms with Gasteiger partial charge < -0.3 is 10.1 Å². The standard InChI is InChI=1S/C16H22N2O4S.ClH/c1-11-9-14(5-6-15(11)16(19)22-2)23(20,21)18-8-7-12-3-4-13(10-18)17-12;/h5-6,9,12-13,17H,3-4,7-8,10H2,1-2H3;1H. The van der Waals surface area contributed by atoms with Crippen LogP contribution in [0.25, 0.3) is 0 Å². The number of methoxy groups -OCH3 is 1. The van der Waals surface area contributed by atoms with E-state index in [9.17, 15) is 13.2 Å². The zero-order valence-electron chi connectivity index (χ0n) is 13.8. The van der Waals surface area contributed by atoms with Crippen molar-refractivity contribution >= 4 is 28.4 Å². The number of esters is 1. The van der Waals surface area contributed by atoms with Gasteiger partial charge in [0, 0.05) is 25.2 Å². The Morgan fingerprint density at radius 2 is 1.96 bits per heavy atom. The summed E-state index contributed by atoms with van der Waals surface area (Å²) >= 11 is 0. The number of hydrogen-bond acceptors (Lipinski definition) is 5. The average molecular weight is 375 g/mol. The third-order valence-electron chi connectivity index (χ3n) is 4.73. The highest BCUT2D eigenvalue weighted by molar-refractivity contribution is 7.89. The number of nitrogens with one attached hydrogen (secondary N) is 1. The second kappa shape index (κ2) is 7.39. The molecular formula is C16H23ClN2O4S. The average Bonchev–Trinajstić information content (AvgIpc) is 2.84. The van der Waals surface area contributed by atoms with Gasteiger partial charge in [-0.15, -0.1) is 12.4 Å². The van der Waals surface area contributed by atoms with Gasteiger partial charge in [0.15, 0.2) is 0 Å². The third-order valence-corrected chi connectivity index (χ3v) is 6.59. The largest absolute Gasteiger partial charge is 0.465 e. The first-order valence-corrected chi connectivity index (χ1v) is 9.31. The molecule has 0 aliphatic carbocycles. The van der Waals surface area contributed by atoms with Gasteiger partial charge in [0.25, 0.3) is 0 Å². The summed E-state index contributed by atoms with van der Waals surface area (Å²) in [4.78, 5) is 11.9. The summed E-state index contributed by atoms with van der Waals surface area (Å²) in [5.41, 5.74) is 0.996. The molecule has 2 aliphatic rings. The van der Waals surface area contributed by atoms with Crippen LogP contribution in [-0.4, -0.2) is 51.0 Å². The molecule has 2 unspecified atom stereocenters. The van der Waals surface area contributed by atoms with Crippen LogP contribution in [0.5, 0.6) is 0 Å². The first-order chi connectivity index (χ1) is 10.9. The number of benzene rings is 1. The van der Waals surface area contributed by atoms with Crippen molar-refractivity contribution in [3.8, 4) is 0 Å². The SMILES string of the molecule is COC(=O)c1ccc(S(=O)(=O)N2CCC3CCC(C2)N3)cc1C.Cl. The summed E-state index contributed by atoms with van der Waals surface area (Å²) in [7, 11) is -2.23. The van der Waals surface area contributed by atoms with Gasteiger partial charge in [0.2, 0.25) is 10.0 Å². The van der Waals surface area contributed by atoms with Gasteiger partial charge in [-0.2, -0.15) is 4.31 Å². The van der Waals surface area contributed by atoms with Crippen LogP contribution >= 0.6 is 12.4 Å². The number of sulfonamides is 1. The Morgan fingerprint density at radius 3 is 2.62 bits per heavy atom. The van der Waals surface area contributed by atoms with Gasteiger partial charge in [0.1, 0.15) is 0 Å². The summed E-state index contributed by atoms with van der Waals surface area (Å²) in [6, 6.07) is 5.25. The van der Waals surface area contributed by atoms with E-state index in [-0.39, 0.29) is 23.3 Å². The van der Waals surface area contributed by atoms with Gasteiger partial charge in [0.05, 0.1) is 17.6 Å². The van der Waals surface area contributed by atoms with Crippen molar-refractivity contribution in [3.05, 3.63) is 29.3 Å². The molecule has 8 heteroatoms. The Labute approximate surface area is 149 Å². The Balaban J connectivity index is 0.00000208. The number of hydrogen-bond donors (Lipinski definition) is 1. The summed E-state index contributed by atoms with van der Waals surface area (Å²) in [5.74, 6) is -0.456. The third kappa shape index (κ3) is 3.59. The Bertz CT molecular complexity index is 723. The number of nitrogens with zero attached hydrogens (tertiary/aromatic N) is 1. The lowest BCUT2D eigenvalue weighted by Crippen LogP contribution is -2.39. The highest BCUT2D eigenvalue weighted by atomic mass is 35.5. The Hall–Kier alpha value is -1.15. The number of rotatable bonds is 3. The molecule has 2 atom stereocenters. The van der Waals surface area contributed by atoms with E-state index in [4.69, 9.17) is 4.74 Å². The van der Waals surface area contributed by atoms with Crippen molar-refractivity contribution in [2.24, 2.45) is 0 Å². The summed E-state index contributed by atoms with van der Waals surface area (Å²) < 4.78 is 32.1. The van der Waals surface area contributed by atoms with Crippen LogP contribution in [0.4, 0.5) is 0 Å². The molecule has 2 saturated heterocycles. The summed E-state index contributed by atoms with van der Waals surface area (Å²) in [6.07, 6.45) is 3.00. The van der Waals surface area contributed by atoms with Gasteiger partial charge >= 0.3 is 5.97 Å². The molecular weight excluding hydrogens is 352 g/mol. The molecule has 0 aromatic heterocycles. The molecule has 1 N–H and O–H groups in total. The molecule has 0 saturated carbocycles. The van der Waals surface area contributed by atoms with Crippen LogP contribution in [-0.2, 0) is 14.8 Å². The van der Waals surface area contributed by atoms with Gasteiger partial charge in [-0.05, 0) is 49.9 Å². The minimum atomic E-state index is -3.54. The molecule has 24 heavy (non-hydrogen) atoms. The van der Waals surface area contributed by atoms with Crippen molar-refractivity contribution in [2.75, 3.05) is 20.2 Å². The smallest absolute Gasteiger partial charge is 0.338 e. The van der Waals surface area contributed by atoms with Crippen LogP contribution in [0, 0.1) is 6.92 Å². The highest BCUT2D eigenvalue weighted by Gasteiger charge is 2.35. The molecule has 134 valence electrons. The first kappa shape index (κ1) is 19.2. The maximum Gasteiger partial charge on any atom is 0.338 e. The number of fused-ring (bicyclic) bond motifs is 2. The fourth-order valence-corrected chi connectivity index (χ4v) is 5.00. The summed E-state index contributed by atoms with van der Waals surface area (Å²) in [5, 5.41) is 3.48. The molecule has 1 aromatic carbocycles. The normalized spacial score (nSPS) is 24.1. The lowest BCUT2D eigenvalue weighted by Gasteiger charge is -2.24. The zero-order chi connectivity index (χ0) is 16.6. The van der Waals surface area contributed by atoms with Crippen LogP contribution in [0.2, 0.25) is 0 Å². The van der Waals surface area contributed by atoms with Crippen molar-refractivity contribution in [1.82, 2.24) is 9.62 Å². The van der Waals surface area contributed by atoms with E-state index in [1.54, 1.807) is 17.3 Å². The van der Waals surface area contributed by atoms with E-state index in [1.807, 2.05) is 0 Å². The monoisotopic (exact) mass is 374 g/mol. The fourth-order valence-electron chi connectivity index (χ4n) is 3.41. The molecule has 0 spiro atoms. The van der Waals surface area contributed by atoms with Gasteiger partial charge in [-0.25, -0.2) is 13.2 Å². The Morgan fingerprint density at radius 1 is 1.25 bits per heavy atom. The van der Waals surface area contributed by atoms with Crippen LogP contribution in [0.1, 0.15) is 35.2 Å². The van der Waals surface area contributed by atoms with E-state index in [0.29, 0.717) is 30.3 Å². The van der Waals surface area contributed by atoms with Crippen molar-refractivity contribution < 1.29 is 17.9 Å². The van der Waals surface area contributed by atoms with Crippen molar-refractivity contribution in [2.45, 2.75) is 43.2 Å². The second-order valence-corrected chi connectivity index (χ2v) is 8.20. The van der Waals surface area contributed by atoms with E-state index in [2.05, 4.69) is 5.32 Å². The lowest BCUT2D eigenvalue weighted by atomic mass is 10.1. The molecule has 2 fully saturated rings. The quantitative estimate of drug-likeness (QED) is 0.815. The molecule has 1 aromatic rings. The fraction of sp³-hybridized carbons (Fsp3) is 0.562. The van der Waals surface area contributed by atoms with Crippen LogP contribution < -0.4 is 5.32 Å². The van der Waals surface area contributed by atoms with Crippen molar-refractivity contribution in [1.29, 1.82) is 0 Å². The lowest BCUT2D eigenvalue weighted by molar-refractivity contribution is 0.0600. The molecule has 6 nitrogen and oxygen atoms in total. The van der Waals surface area contributed by atoms with E-state index in [1.165, 1.54) is 19.2 Å². The molecule has 0 radical (unpaired) electrons. The van der Waals surface area contributed by atoms with Gasteiger partial charge in [-0.3, -0.25) is 0 Å². The topological polar surface area (TPSA) is 75.7 Å². The predicted molar refractivity (Wildman–Crippen MR) is 93.1 cm³/mol. The van der Waals surface area contributed by atoms with Crippen molar-refractivity contribution in [3.63, 3.8) is 0 Å². The maximum absolute atomic E-state index is 12.9. The molecule has 2 aliphatic heterocycles. The van der Waals surface area contributed by atoms with E-state index >= 15 is 0 Å². The molecule has 3 rings (SSSR count). The van der Waals surface area contributed by atoms with Gasteiger partial charge in [-0.1, -0.05) is 0 Å². The first-order valence-electron chi connectivity index (χ1n) is 7.87. The highest BCUT2D eigenvalue weighted by Crippen LogP contribution is 2.26. The number of aryl methyl sites for hydroxylation is 1. The zero-order valence-corrected chi connectivity index (χ0v) is 15.5. The minimum absolute atomic E-state index is 0. The molecule has 2 bridgehead atoms. The molecule has 0 amide bonds. The minimum Gasteiger partial charge on any atom is -0.465 e. The number of carbonyl (C=O) groups is 1. The van der Waals surface area contributed by atoms with Crippen LogP contribution in [0.15, 0.2) is 23.1 Å². The predicted octanol–water partition coefficient (Wildman–Crippen LogP) is 1.72. The van der Waals surface area contributed by atoms with E-state index in [0.717, 1.165) is 19.3 Å².